The van der Waals surface area contributed by atoms with Crippen molar-refractivity contribution >= 4 is 5.91 Å². The van der Waals surface area contributed by atoms with Gasteiger partial charge in [0.15, 0.2) is 6.10 Å². The number of benzene rings is 1. The van der Waals surface area contributed by atoms with E-state index in [-0.39, 0.29) is 5.91 Å². The molecule has 1 aromatic carbocycles. The maximum Gasteiger partial charge on any atom is 0.260 e. The number of amides is 1. The summed E-state index contributed by atoms with van der Waals surface area (Å²) >= 11 is 0. The largest absolute Gasteiger partial charge is 0.481 e. The number of carbonyl (C=O) groups excluding carboxylic acids is 1. The standard InChI is InChI=1S/C16H23NO3/c1-11(18)13-7-9-15(10-8-13)20-12(2)16(19)17-14-5-3-4-6-14/h7-12,14,18H,3-6H2,1-2H3,(H,17,19). The van der Waals surface area contributed by atoms with Crippen molar-refractivity contribution < 1.29 is 14.6 Å². The Labute approximate surface area is 120 Å². The molecule has 1 amide bonds. The van der Waals surface area contributed by atoms with Crippen LogP contribution in [-0.2, 0) is 4.79 Å². The van der Waals surface area contributed by atoms with E-state index < -0.39 is 12.2 Å². The highest BCUT2D eigenvalue weighted by atomic mass is 16.5. The Morgan fingerprint density at radius 1 is 1.25 bits per heavy atom. The molecule has 0 aliphatic heterocycles. The van der Waals surface area contributed by atoms with E-state index in [9.17, 15) is 9.90 Å². The van der Waals surface area contributed by atoms with Crippen LogP contribution < -0.4 is 10.1 Å². The second-order valence-electron chi connectivity index (χ2n) is 5.50. The molecule has 0 bridgehead atoms. The molecule has 1 aromatic rings. The fraction of sp³-hybridized carbons (Fsp3) is 0.562. The number of rotatable bonds is 5. The summed E-state index contributed by atoms with van der Waals surface area (Å²) in [6.07, 6.45) is 3.53. The summed E-state index contributed by atoms with van der Waals surface area (Å²) in [6.45, 7) is 3.47. The van der Waals surface area contributed by atoms with Crippen molar-refractivity contribution in [2.24, 2.45) is 0 Å². The lowest BCUT2D eigenvalue weighted by atomic mass is 10.1. The molecule has 2 rings (SSSR count). The van der Waals surface area contributed by atoms with E-state index in [1.165, 1.54) is 12.8 Å². The van der Waals surface area contributed by atoms with Gasteiger partial charge < -0.3 is 15.2 Å². The molecule has 0 saturated heterocycles. The molecule has 0 spiro atoms. The minimum Gasteiger partial charge on any atom is -0.481 e. The maximum atomic E-state index is 12.0. The van der Waals surface area contributed by atoms with E-state index in [0.717, 1.165) is 18.4 Å². The lowest BCUT2D eigenvalue weighted by Gasteiger charge is -2.18. The third kappa shape index (κ3) is 3.97. The molecule has 0 radical (unpaired) electrons. The summed E-state index contributed by atoms with van der Waals surface area (Å²) in [4.78, 5) is 12.0. The lowest BCUT2D eigenvalue weighted by Crippen LogP contribution is -2.41. The van der Waals surface area contributed by atoms with Gasteiger partial charge in [-0.2, -0.15) is 0 Å². The summed E-state index contributed by atoms with van der Waals surface area (Å²) < 4.78 is 5.63. The number of carbonyl (C=O) groups is 1. The minimum absolute atomic E-state index is 0.0588. The number of nitrogens with one attached hydrogen (secondary N) is 1. The van der Waals surface area contributed by atoms with Gasteiger partial charge in [0.1, 0.15) is 5.75 Å². The number of hydrogen-bond donors (Lipinski definition) is 2. The molecule has 2 N–H and O–H groups in total. The first-order valence-electron chi connectivity index (χ1n) is 7.31. The number of ether oxygens (including phenoxy) is 1. The topological polar surface area (TPSA) is 58.6 Å². The van der Waals surface area contributed by atoms with E-state index in [4.69, 9.17) is 4.74 Å². The SMILES string of the molecule is CC(Oc1ccc(C(C)O)cc1)C(=O)NC1CCCC1. The second-order valence-corrected chi connectivity index (χ2v) is 5.50. The predicted molar refractivity (Wildman–Crippen MR) is 77.6 cm³/mol. The van der Waals surface area contributed by atoms with E-state index >= 15 is 0 Å². The first kappa shape index (κ1) is 14.9. The molecule has 1 fully saturated rings. The van der Waals surface area contributed by atoms with Crippen molar-refractivity contribution in [2.45, 2.75) is 57.8 Å². The monoisotopic (exact) mass is 277 g/mol. The van der Waals surface area contributed by atoms with Crippen molar-refractivity contribution in [3.05, 3.63) is 29.8 Å². The van der Waals surface area contributed by atoms with Crippen LogP contribution in [0.4, 0.5) is 0 Å². The maximum absolute atomic E-state index is 12.0. The first-order chi connectivity index (χ1) is 9.56. The quantitative estimate of drug-likeness (QED) is 0.869. The van der Waals surface area contributed by atoms with Gasteiger partial charge in [-0.25, -0.2) is 0 Å². The molecular weight excluding hydrogens is 254 g/mol. The van der Waals surface area contributed by atoms with Gasteiger partial charge in [-0.05, 0) is 44.4 Å². The zero-order valence-corrected chi connectivity index (χ0v) is 12.1. The van der Waals surface area contributed by atoms with Crippen LogP contribution in [0.25, 0.3) is 0 Å². The van der Waals surface area contributed by atoms with Crippen LogP contribution in [0.1, 0.15) is 51.2 Å². The highest BCUT2D eigenvalue weighted by molar-refractivity contribution is 5.81. The lowest BCUT2D eigenvalue weighted by molar-refractivity contribution is -0.127. The van der Waals surface area contributed by atoms with E-state index in [1.54, 1.807) is 26.0 Å². The average Bonchev–Trinajstić information content (AvgIpc) is 2.92. The second kappa shape index (κ2) is 6.75. The normalized spacial score (nSPS) is 18.6. The summed E-state index contributed by atoms with van der Waals surface area (Å²) in [5.41, 5.74) is 0.834. The van der Waals surface area contributed by atoms with Gasteiger partial charge in [0.05, 0.1) is 6.10 Å². The average molecular weight is 277 g/mol. The highest BCUT2D eigenvalue weighted by Gasteiger charge is 2.21. The molecule has 4 heteroatoms. The third-order valence-corrected chi connectivity index (χ3v) is 3.75. The molecule has 20 heavy (non-hydrogen) atoms. The molecule has 1 saturated carbocycles. The van der Waals surface area contributed by atoms with Crippen LogP contribution in [-0.4, -0.2) is 23.2 Å². The van der Waals surface area contributed by atoms with Gasteiger partial charge in [-0.1, -0.05) is 25.0 Å². The zero-order chi connectivity index (χ0) is 14.5. The van der Waals surface area contributed by atoms with Crippen molar-refractivity contribution in [3.8, 4) is 5.75 Å². The van der Waals surface area contributed by atoms with Crippen molar-refractivity contribution in [1.29, 1.82) is 0 Å². The minimum atomic E-state index is -0.506. The molecule has 4 nitrogen and oxygen atoms in total. The molecule has 1 aliphatic rings. The number of aliphatic hydroxyl groups excluding tert-OH is 1. The number of aliphatic hydroxyl groups is 1. The summed E-state index contributed by atoms with van der Waals surface area (Å²) in [5.74, 6) is 0.583. The fourth-order valence-electron chi connectivity index (χ4n) is 2.47. The third-order valence-electron chi connectivity index (χ3n) is 3.75. The van der Waals surface area contributed by atoms with Crippen molar-refractivity contribution in [2.75, 3.05) is 0 Å². The van der Waals surface area contributed by atoms with Gasteiger partial charge in [0.25, 0.3) is 5.91 Å². The number of hydrogen-bond acceptors (Lipinski definition) is 3. The van der Waals surface area contributed by atoms with Crippen LogP contribution in [0.3, 0.4) is 0 Å². The molecule has 0 aromatic heterocycles. The smallest absolute Gasteiger partial charge is 0.260 e. The van der Waals surface area contributed by atoms with Crippen LogP contribution in [0.5, 0.6) is 5.75 Å². The molecular formula is C16H23NO3. The summed E-state index contributed by atoms with van der Waals surface area (Å²) in [6, 6.07) is 7.48. The molecule has 110 valence electrons. The Hall–Kier alpha value is -1.55. The zero-order valence-electron chi connectivity index (χ0n) is 12.1. The molecule has 0 heterocycles. The highest BCUT2D eigenvalue weighted by Crippen LogP contribution is 2.20. The van der Waals surface area contributed by atoms with Gasteiger partial charge in [-0.3, -0.25) is 4.79 Å². The Kier molecular flexibility index (Phi) is 5.01. The van der Waals surface area contributed by atoms with E-state index in [1.807, 2.05) is 12.1 Å². The van der Waals surface area contributed by atoms with E-state index in [0.29, 0.717) is 11.8 Å². The summed E-state index contributed by atoms with van der Waals surface area (Å²) in [5, 5.41) is 12.5. The van der Waals surface area contributed by atoms with Crippen molar-refractivity contribution in [3.63, 3.8) is 0 Å². The Bertz CT molecular complexity index is 436. The fourth-order valence-corrected chi connectivity index (χ4v) is 2.47. The first-order valence-corrected chi connectivity index (χ1v) is 7.31. The predicted octanol–water partition coefficient (Wildman–Crippen LogP) is 2.57. The van der Waals surface area contributed by atoms with E-state index in [2.05, 4.69) is 5.32 Å². The molecule has 2 atom stereocenters. The molecule has 1 aliphatic carbocycles. The van der Waals surface area contributed by atoms with Crippen LogP contribution in [0, 0.1) is 0 Å². The van der Waals surface area contributed by atoms with Gasteiger partial charge in [0.2, 0.25) is 0 Å². The van der Waals surface area contributed by atoms with Gasteiger partial charge >= 0.3 is 0 Å². The Morgan fingerprint density at radius 2 is 1.85 bits per heavy atom. The Morgan fingerprint density at radius 3 is 2.40 bits per heavy atom. The molecule has 2 unspecified atom stereocenters. The van der Waals surface area contributed by atoms with Crippen LogP contribution in [0.2, 0.25) is 0 Å². The van der Waals surface area contributed by atoms with Crippen molar-refractivity contribution in [1.82, 2.24) is 5.32 Å². The van der Waals surface area contributed by atoms with Crippen LogP contribution in [0.15, 0.2) is 24.3 Å². The Balaban J connectivity index is 1.86. The van der Waals surface area contributed by atoms with Crippen LogP contribution >= 0.6 is 0 Å². The van der Waals surface area contributed by atoms with Gasteiger partial charge in [0, 0.05) is 6.04 Å². The van der Waals surface area contributed by atoms with Gasteiger partial charge in [-0.15, -0.1) is 0 Å². The summed E-state index contributed by atoms with van der Waals surface area (Å²) in [7, 11) is 0.